The summed E-state index contributed by atoms with van der Waals surface area (Å²) >= 11 is 0. The minimum Gasteiger partial charge on any atom is -0.481 e. The van der Waals surface area contributed by atoms with Gasteiger partial charge in [-0.25, -0.2) is 0 Å². The Morgan fingerprint density at radius 2 is 2.18 bits per heavy atom. The Labute approximate surface area is 101 Å². The van der Waals surface area contributed by atoms with Crippen molar-refractivity contribution in [2.24, 2.45) is 0 Å². The van der Waals surface area contributed by atoms with Crippen LogP contribution in [0.25, 0.3) is 11.0 Å². The number of carbonyl (C=O) groups is 1. The molecule has 1 heterocycles. The Kier molecular flexibility index (Phi) is 3.02. The smallest absolute Gasteiger partial charge is 0.311 e. The van der Waals surface area contributed by atoms with E-state index in [1.807, 2.05) is 19.1 Å². The Morgan fingerprint density at radius 3 is 2.76 bits per heavy atom. The predicted molar refractivity (Wildman–Crippen MR) is 64.6 cm³/mol. The molecule has 0 bridgehead atoms. The van der Waals surface area contributed by atoms with Gasteiger partial charge in [-0.3, -0.25) is 9.00 Å². The Morgan fingerprint density at radius 1 is 1.47 bits per heavy atom. The highest BCUT2D eigenvalue weighted by Gasteiger charge is 2.19. The number of hydrogen-bond donors (Lipinski definition) is 1. The van der Waals surface area contributed by atoms with E-state index in [0.29, 0.717) is 10.5 Å². The van der Waals surface area contributed by atoms with Gasteiger partial charge >= 0.3 is 5.97 Å². The quantitative estimate of drug-likeness (QED) is 0.908. The topological polar surface area (TPSA) is 67.5 Å². The molecule has 2 aromatic rings. The standard InChI is InChI=1S/C12H12O4S/c1-7-3-4-9-8(5-7)12(17(2)15)10(16-9)6-11(13)14/h3-5H,6H2,1-2H3,(H,13,14)/t17-/m1/s1. The zero-order valence-electron chi connectivity index (χ0n) is 9.52. The summed E-state index contributed by atoms with van der Waals surface area (Å²) in [5.41, 5.74) is 1.60. The Hall–Kier alpha value is -1.62. The molecule has 1 aromatic carbocycles. The molecule has 90 valence electrons. The minimum absolute atomic E-state index is 0.247. The van der Waals surface area contributed by atoms with Crippen molar-refractivity contribution in [3.63, 3.8) is 0 Å². The normalized spacial score (nSPS) is 12.8. The predicted octanol–water partition coefficient (Wildman–Crippen LogP) is 2.11. The van der Waals surface area contributed by atoms with Gasteiger partial charge in [0.1, 0.15) is 17.8 Å². The van der Waals surface area contributed by atoms with Crippen LogP contribution in [0, 0.1) is 6.92 Å². The summed E-state index contributed by atoms with van der Waals surface area (Å²) in [7, 11) is -1.27. The van der Waals surface area contributed by atoms with Crippen molar-refractivity contribution < 1.29 is 18.5 Å². The van der Waals surface area contributed by atoms with Gasteiger partial charge in [0.25, 0.3) is 0 Å². The highest BCUT2D eigenvalue weighted by Crippen LogP contribution is 2.29. The third-order valence-corrected chi connectivity index (χ3v) is 3.49. The van der Waals surface area contributed by atoms with E-state index < -0.39 is 16.8 Å². The first kappa shape index (κ1) is 11.9. The third-order valence-electron chi connectivity index (χ3n) is 2.47. The van der Waals surface area contributed by atoms with Crippen molar-refractivity contribution in [3.8, 4) is 0 Å². The lowest BCUT2D eigenvalue weighted by Crippen LogP contribution is -2.02. The summed E-state index contributed by atoms with van der Waals surface area (Å²) in [5, 5.41) is 9.53. The van der Waals surface area contributed by atoms with Crippen molar-refractivity contribution in [1.82, 2.24) is 0 Å². The fourth-order valence-electron chi connectivity index (χ4n) is 1.81. The molecule has 0 aliphatic heterocycles. The second-order valence-corrected chi connectivity index (χ2v) is 5.20. The maximum Gasteiger partial charge on any atom is 0.311 e. The van der Waals surface area contributed by atoms with Crippen LogP contribution in [-0.2, 0) is 22.0 Å². The number of carboxylic acids is 1. The molecule has 0 spiro atoms. The summed E-state index contributed by atoms with van der Waals surface area (Å²) in [6.07, 6.45) is 1.28. The highest BCUT2D eigenvalue weighted by molar-refractivity contribution is 7.84. The Bertz CT molecular complexity index is 612. The van der Waals surface area contributed by atoms with Gasteiger partial charge in [-0.15, -0.1) is 0 Å². The summed E-state index contributed by atoms with van der Waals surface area (Å²) < 4.78 is 17.1. The number of rotatable bonds is 3. The van der Waals surface area contributed by atoms with Crippen LogP contribution in [0.3, 0.4) is 0 Å². The first-order chi connectivity index (χ1) is 7.99. The fourth-order valence-corrected chi connectivity index (χ4v) is 2.71. The molecule has 4 nitrogen and oxygen atoms in total. The largest absolute Gasteiger partial charge is 0.481 e. The van der Waals surface area contributed by atoms with E-state index >= 15 is 0 Å². The first-order valence-corrected chi connectivity index (χ1v) is 6.62. The average molecular weight is 252 g/mol. The van der Waals surface area contributed by atoms with Crippen molar-refractivity contribution in [2.45, 2.75) is 18.2 Å². The van der Waals surface area contributed by atoms with Crippen LogP contribution in [0.2, 0.25) is 0 Å². The zero-order valence-corrected chi connectivity index (χ0v) is 10.3. The van der Waals surface area contributed by atoms with Gasteiger partial charge in [0.15, 0.2) is 0 Å². The van der Waals surface area contributed by atoms with Gasteiger partial charge in [-0.05, 0) is 19.1 Å². The molecule has 1 atom stereocenters. The number of furan rings is 1. The van der Waals surface area contributed by atoms with Crippen molar-refractivity contribution in [2.75, 3.05) is 6.26 Å². The van der Waals surface area contributed by atoms with E-state index in [0.717, 1.165) is 10.9 Å². The summed E-state index contributed by atoms with van der Waals surface area (Å²) in [6, 6.07) is 5.51. The number of aryl methyl sites for hydroxylation is 1. The molecule has 0 saturated heterocycles. The Balaban J connectivity index is 2.71. The van der Waals surface area contributed by atoms with Crippen LogP contribution in [-0.4, -0.2) is 21.5 Å². The average Bonchev–Trinajstić information content (AvgIpc) is 2.53. The number of benzene rings is 1. The van der Waals surface area contributed by atoms with Crippen molar-refractivity contribution in [1.29, 1.82) is 0 Å². The molecule has 1 N–H and O–H groups in total. The molecule has 0 aliphatic rings. The SMILES string of the molecule is Cc1ccc2oc(CC(=O)O)c([S@@](C)=O)c2c1. The molecule has 5 heteroatoms. The molecule has 0 fully saturated rings. The van der Waals surface area contributed by atoms with Gasteiger partial charge in [0.2, 0.25) is 0 Å². The second kappa shape index (κ2) is 4.33. The second-order valence-electron chi connectivity index (χ2n) is 3.88. The van der Waals surface area contributed by atoms with Gasteiger partial charge < -0.3 is 9.52 Å². The minimum atomic E-state index is -1.27. The van der Waals surface area contributed by atoms with Crippen LogP contribution in [0.4, 0.5) is 0 Å². The maximum absolute atomic E-state index is 11.7. The molecule has 0 unspecified atom stereocenters. The van der Waals surface area contributed by atoms with Crippen LogP contribution >= 0.6 is 0 Å². The van der Waals surface area contributed by atoms with Gasteiger partial charge in [-0.1, -0.05) is 11.6 Å². The number of hydrogen-bond acceptors (Lipinski definition) is 3. The molecule has 0 amide bonds. The van der Waals surface area contributed by atoms with E-state index in [1.54, 1.807) is 6.07 Å². The summed E-state index contributed by atoms with van der Waals surface area (Å²) in [4.78, 5) is 11.2. The van der Waals surface area contributed by atoms with Crippen LogP contribution in [0.5, 0.6) is 0 Å². The van der Waals surface area contributed by atoms with Crippen LogP contribution < -0.4 is 0 Å². The summed E-state index contributed by atoms with van der Waals surface area (Å²) in [5.74, 6) is -0.716. The maximum atomic E-state index is 11.7. The van der Waals surface area contributed by atoms with Crippen molar-refractivity contribution in [3.05, 3.63) is 29.5 Å². The monoisotopic (exact) mass is 252 g/mol. The molecule has 17 heavy (non-hydrogen) atoms. The van der Waals surface area contributed by atoms with Gasteiger partial charge in [0, 0.05) is 11.6 Å². The lowest BCUT2D eigenvalue weighted by atomic mass is 10.2. The van der Waals surface area contributed by atoms with E-state index in [-0.39, 0.29) is 12.2 Å². The van der Waals surface area contributed by atoms with Crippen LogP contribution in [0.15, 0.2) is 27.5 Å². The van der Waals surface area contributed by atoms with Crippen LogP contribution in [0.1, 0.15) is 11.3 Å². The molecule has 0 saturated carbocycles. The molecular weight excluding hydrogens is 240 g/mol. The van der Waals surface area contributed by atoms with E-state index in [9.17, 15) is 9.00 Å². The number of carboxylic acid groups (broad SMARTS) is 1. The molecular formula is C12H12O4S. The summed E-state index contributed by atoms with van der Waals surface area (Å²) in [6.45, 7) is 1.92. The van der Waals surface area contributed by atoms with E-state index in [1.165, 1.54) is 6.26 Å². The van der Waals surface area contributed by atoms with Crippen molar-refractivity contribution >= 4 is 27.7 Å². The molecule has 0 aliphatic carbocycles. The third kappa shape index (κ3) is 2.24. The van der Waals surface area contributed by atoms with E-state index in [4.69, 9.17) is 9.52 Å². The zero-order chi connectivity index (χ0) is 12.6. The van der Waals surface area contributed by atoms with E-state index in [2.05, 4.69) is 0 Å². The van der Waals surface area contributed by atoms with Gasteiger partial charge in [-0.2, -0.15) is 0 Å². The first-order valence-electron chi connectivity index (χ1n) is 5.06. The lowest BCUT2D eigenvalue weighted by molar-refractivity contribution is -0.136. The highest BCUT2D eigenvalue weighted by atomic mass is 32.2. The lowest BCUT2D eigenvalue weighted by Gasteiger charge is -1.96. The molecule has 2 rings (SSSR count). The fraction of sp³-hybridized carbons (Fsp3) is 0.250. The number of aliphatic carboxylic acids is 1. The molecule has 1 aromatic heterocycles. The van der Waals surface area contributed by atoms with Gasteiger partial charge in [0.05, 0.1) is 15.7 Å². The molecule has 0 radical (unpaired) electrons. The number of fused-ring (bicyclic) bond motifs is 1.